The van der Waals surface area contributed by atoms with Crippen LogP contribution in [0.15, 0.2) is 93.6 Å². The maximum Gasteiger partial charge on any atom is 0.0769 e. The second-order valence-corrected chi connectivity index (χ2v) is 5.57. The predicted molar refractivity (Wildman–Crippen MR) is 89.5 cm³/mol. The summed E-state index contributed by atoms with van der Waals surface area (Å²) in [6, 6.07) is 29.5. The molecule has 0 unspecified atom stereocenters. The van der Waals surface area contributed by atoms with Crippen LogP contribution in [0.25, 0.3) is 0 Å². The third kappa shape index (κ3) is 5.98. The summed E-state index contributed by atoms with van der Waals surface area (Å²) >= 11 is 1.73. The van der Waals surface area contributed by atoms with E-state index in [2.05, 4.69) is 29.3 Å². The van der Waals surface area contributed by atoms with E-state index >= 15 is 0 Å². The quantitative estimate of drug-likeness (QED) is 0.461. The number of halogens is 1. The van der Waals surface area contributed by atoms with Gasteiger partial charge in [-0.15, -0.1) is 0 Å². The number of rotatable bonds is 4. The van der Waals surface area contributed by atoms with E-state index in [4.69, 9.17) is 0 Å². The SMILES string of the molecule is [Br-].[Ni].[c]1ccccc1C=Nc1ccccc1Sc1ccccc1. The summed E-state index contributed by atoms with van der Waals surface area (Å²) in [6.45, 7) is 0. The van der Waals surface area contributed by atoms with Crippen molar-refractivity contribution >= 4 is 23.7 Å². The molecule has 0 amide bonds. The Kier molecular flexibility index (Phi) is 8.94. The molecule has 0 saturated carbocycles. The molecule has 0 aliphatic heterocycles. The van der Waals surface area contributed by atoms with E-state index < -0.39 is 0 Å². The van der Waals surface area contributed by atoms with Crippen molar-refractivity contribution in [3.05, 3.63) is 90.5 Å². The second-order valence-electron chi connectivity index (χ2n) is 4.46. The van der Waals surface area contributed by atoms with Crippen LogP contribution in [-0.2, 0) is 16.5 Å². The van der Waals surface area contributed by atoms with Gasteiger partial charge in [0.15, 0.2) is 0 Å². The molecule has 119 valence electrons. The molecular formula is C19H14BrNNiS-. The van der Waals surface area contributed by atoms with Gasteiger partial charge in [0, 0.05) is 38.1 Å². The Balaban J connectivity index is 0.00000132. The van der Waals surface area contributed by atoms with Crippen LogP contribution >= 0.6 is 11.8 Å². The Morgan fingerprint density at radius 3 is 2.26 bits per heavy atom. The van der Waals surface area contributed by atoms with Crippen LogP contribution in [0, 0.1) is 6.07 Å². The Labute approximate surface area is 161 Å². The van der Waals surface area contributed by atoms with Crippen molar-refractivity contribution in [2.75, 3.05) is 0 Å². The number of benzene rings is 3. The van der Waals surface area contributed by atoms with Crippen LogP contribution in [-0.4, -0.2) is 6.21 Å². The van der Waals surface area contributed by atoms with Crippen molar-refractivity contribution in [1.82, 2.24) is 0 Å². The normalized spacial score (nSPS) is 9.91. The largest absolute Gasteiger partial charge is 1.00 e. The fourth-order valence-corrected chi connectivity index (χ4v) is 2.81. The first-order chi connectivity index (χ1) is 10.4. The van der Waals surface area contributed by atoms with Gasteiger partial charge in [0.05, 0.1) is 5.69 Å². The molecule has 3 aromatic rings. The van der Waals surface area contributed by atoms with E-state index in [-0.39, 0.29) is 33.5 Å². The summed E-state index contributed by atoms with van der Waals surface area (Å²) in [6.07, 6.45) is 1.85. The molecule has 0 aliphatic rings. The number of aliphatic imine (C=N–C) groups is 1. The van der Waals surface area contributed by atoms with E-state index in [1.54, 1.807) is 11.8 Å². The molecule has 3 rings (SSSR count). The standard InChI is InChI=1S/C19H14NS.BrH.Ni/c1-3-9-16(10-4-1)15-20-18-13-7-8-14-19(18)21-17-11-5-2-6-12-17;;/h1-9,11-15H;1H;/p-1. The zero-order chi connectivity index (χ0) is 14.3. The first-order valence-electron chi connectivity index (χ1n) is 6.74. The minimum Gasteiger partial charge on any atom is -1.00 e. The van der Waals surface area contributed by atoms with Gasteiger partial charge < -0.3 is 17.0 Å². The van der Waals surface area contributed by atoms with Gasteiger partial charge in [0.2, 0.25) is 0 Å². The number of nitrogens with zero attached hydrogens (tertiary/aromatic N) is 1. The first kappa shape index (κ1) is 19.7. The maximum atomic E-state index is 4.60. The van der Waals surface area contributed by atoms with Gasteiger partial charge >= 0.3 is 0 Å². The van der Waals surface area contributed by atoms with Crippen molar-refractivity contribution in [3.8, 4) is 0 Å². The van der Waals surface area contributed by atoms with Gasteiger partial charge in [0.25, 0.3) is 0 Å². The van der Waals surface area contributed by atoms with Crippen LogP contribution in [0.2, 0.25) is 0 Å². The van der Waals surface area contributed by atoms with E-state index in [9.17, 15) is 0 Å². The molecule has 4 heteroatoms. The molecule has 0 bridgehead atoms. The van der Waals surface area contributed by atoms with E-state index in [1.807, 2.05) is 66.9 Å². The molecular weight excluding hydrogens is 413 g/mol. The summed E-state index contributed by atoms with van der Waals surface area (Å²) in [4.78, 5) is 6.96. The molecule has 0 heterocycles. The molecule has 0 aliphatic carbocycles. The minimum atomic E-state index is 0. The van der Waals surface area contributed by atoms with Gasteiger partial charge in [0.1, 0.15) is 0 Å². The molecule has 0 spiro atoms. The molecule has 0 N–H and O–H groups in total. The van der Waals surface area contributed by atoms with Crippen molar-refractivity contribution < 1.29 is 33.5 Å². The second kappa shape index (κ2) is 10.4. The summed E-state index contributed by atoms with van der Waals surface area (Å²) in [5.74, 6) is 0. The molecule has 0 aromatic heterocycles. The molecule has 23 heavy (non-hydrogen) atoms. The van der Waals surface area contributed by atoms with Gasteiger partial charge in [-0.3, -0.25) is 4.99 Å². The molecule has 1 nitrogen and oxygen atoms in total. The predicted octanol–water partition coefficient (Wildman–Crippen LogP) is 2.39. The summed E-state index contributed by atoms with van der Waals surface area (Å²) in [7, 11) is 0. The van der Waals surface area contributed by atoms with Crippen LogP contribution in [0.4, 0.5) is 5.69 Å². The Morgan fingerprint density at radius 1 is 0.826 bits per heavy atom. The number of para-hydroxylation sites is 1. The Morgan fingerprint density at radius 2 is 1.52 bits per heavy atom. The van der Waals surface area contributed by atoms with Crippen molar-refractivity contribution in [3.63, 3.8) is 0 Å². The molecule has 0 saturated heterocycles. The Bertz CT molecular complexity index is 733. The average Bonchev–Trinajstić information content (AvgIpc) is 2.56. The van der Waals surface area contributed by atoms with Crippen molar-refractivity contribution in [2.24, 2.45) is 4.99 Å². The van der Waals surface area contributed by atoms with E-state index in [0.29, 0.717) is 0 Å². The fourth-order valence-electron chi connectivity index (χ4n) is 1.89. The number of hydrogen-bond acceptors (Lipinski definition) is 2. The fraction of sp³-hybridized carbons (Fsp3) is 0. The summed E-state index contributed by atoms with van der Waals surface area (Å²) in [5, 5.41) is 0. The number of hydrogen-bond donors (Lipinski definition) is 0. The third-order valence-corrected chi connectivity index (χ3v) is 3.99. The van der Waals surface area contributed by atoms with Crippen LogP contribution < -0.4 is 17.0 Å². The van der Waals surface area contributed by atoms with Gasteiger partial charge in [-0.2, -0.15) is 0 Å². The van der Waals surface area contributed by atoms with Crippen LogP contribution in [0.3, 0.4) is 0 Å². The maximum absolute atomic E-state index is 4.60. The van der Waals surface area contributed by atoms with Gasteiger partial charge in [-0.1, -0.05) is 66.4 Å². The summed E-state index contributed by atoms with van der Waals surface area (Å²) < 4.78 is 0. The third-order valence-electron chi connectivity index (χ3n) is 2.91. The summed E-state index contributed by atoms with van der Waals surface area (Å²) in [5.41, 5.74) is 1.96. The average molecular weight is 427 g/mol. The van der Waals surface area contributed by atoms with Crippen molar-refractivity contribution in [2.45, 2.75) is 9.79 Å². The first-order valence-corrected chi connectivity index (χ1v) is 7.56. The van der Waals surface area contributed by atoms with Crippen LogP contribution in [0.1, 0.15) is 5.56 Å². The topological polar surface area (TPSA) is 12.4 Å². The zero-order valence-corrected chi connectivity index (χ0v) is 15.5. The van der Waals surface area contributed by atoms with E-state index in [0.717, 1.165) is 16.1 Å². The minimum absolute atomic E-state index is 0. The molecule has 0 atom stereocenters. The smallest absolute Gasteiger partial charge is 0.0769 e. The molecule has 3 aromatic carbocycles. The van der Waals surface area contributed by atoms with E-state index in [1.165, 1.54) is 4.90 Å². The van der Waals surface area contributed by atoms with Crippen molar-refractivity contribution in [1.29, 1.82) is 0 Å². The molecule has 0 fully saturated rings. The molecule has 1 radical (unpaired) electrons. The van der Waals surface area contributed by atoms with Gasteiger partial charge in [-0.05, 0) is 30.3 Å². The van der Waals surface area contributed by atoms with Crippen LogP contribution in [0.5, 0.6) is 0 Å². The zero-order valence-electron chi connectivity index (χ0n) is 12.1. The Hall–Kier alpha value is -1.35. The monoisotopic (exact) mass is 425 g/mol. The van der Waals surface area contributed by atoms with Gasteiger partial charge in [-0.25, -0.2) is 0 Å².